The highest BCUT2D eigenvalue weighted by Gasteiger charge is 2.48. The lowest BCUT2D eigenvalue weighted by atomic mass is 9.75. The fourth-order valence-corrected chi connectivity index (χ4v) is 5.50. The highest BCUT2D eigenvalue weighted by molar-refractivity contribution is 5.88. The number of anilines is 1. The van der Waals surface area contributed by atoms with Gasteiger partial charge in [0.15, 0.2) is 0 Å². The molecular formula is C27H40FN5O3. The number of piperazine rings is 1. The molecule has 0 aromatic heterocycles. The van der Waals surface area contributed by atoms with Crippen LogP contribution in [0.4, 0.5) is 10.1 Å². The molecule has 9 heteroatoms. The van der Waals surface area contributed by atoms with E-state index in [4.69, 9.17) is 0 Å². The quantitative estimate of drug-likeness (QED) is 0.623. The molecule has 8 nitrogen and oxygen atoms in total. The number of nitrogens with one attached hydrogen (secondary N) is 2. The van der Waals surface area contributed by atoms with Gasteiger partial charge in [-0.05, 0) is 49.9 Å². The van der Waals surface area contributed by atoms with E-state index >= 15 is 0 Å². The van der Waals surface area contributed by atoms with Crippen molar-refractivity contribution in [2.45, 2.75) is 52.5 Å². The van der Waals surface area contributed by atoms with Crippen LogP contribution in [-0.2, 0) is 14.4 Å². The summed E-state index contributed by atoms with van der Waals surface area (Å²) in [7, 11) is 0. The van der Waals surface area contributed by atoms with Crippen LogP contribution < -0.4 is 15.5 Å². The Bertz CT molecular complexity index is 945. The van der Waals surface area contributed by atoms with E-state index in [1.807, 2.05) is 32.9 Å². The summed E-state index contributed by atoms with van der Waals surface area (Å²) in [5.41, 5.74) is 0.152. The molecule has 1 atom stereocenters. The molecule has 0 aliphatic carbocycles. The SMILES string of the molecule is CC(C)(C)C(=O)NCC(=O)N1CCC2(CC1)CC(CCN1CCN(c3ccc(F)cc3)CC1)NC2=O. The van der Waals surface area contributed by atoms with Crippen molar-refractivity contribution in [1.82, 2.24) is 20.4 Å². The molecule has 4 rings (SSSR count). The second-order valence-electron chi connectivity index (χ2n) is 11.6. The van der Waals surface area contributed by atoms with E-state index in [1.54, 1.807) is 4.90 Å². The van der Waals surface area contributed by atoms with Crippen LogP contribution in [0.2, 0.25) is 0 Å². The van der Waals surface area contributed by atoms with Gasteiger partial charge in [-0.1, -0.05) is 20.8 Å². The maximum Gasteiger partial charge on any atom is 0.241 e. The summed E-state index contributed by atoms with van der Waals surface area (Å²) >= 11 is 0. The Kier molecular flexibility index (Phi) is 7.87. The lowest BCUT2D eigenvalue weighted by Crippen LogP contribution is -2.49. The van der Waals surface area contributed by atoms with Crippen molar-refractivity contribution in [3.05, 3.63) is 30.1 Å². The summed E-state index contributed by atoms with van der Waals surface area (Å²) in [4.78, 5) is 44.0. The van der Waals surface area contributed by atoms with Gasteiger partial charge < -0.3 is 20.4 Å². The van der Waals surface area contributed by atoms with E-state index in [1.165, 1.54) is 12.1 Å². The number of piperidine rings is 1. The van der Waals surface area contributed by atoms with E-state index in [-0.39, 0.29) is 41.5 Å². The van der Waals surface area contributed by atoms with Gasteiger partial charge in [-0.25, -0.2) is 4.39 Å². The molecule has 0 radical (unpaired) electrons. The van der Waals surface area contributed by atoms with Gasteiger partial charge in [0.2, 0.25) is 17.7 Å². The van der Waals surface area contributed by atoms with Crippen molar-refractivity contribution in [2.24, 2.45) is 10.8 Å². The zero-order valence-corrected chi connectivity index (χ0v) is 21.8. The summed E-state index contributed by atoms with van der Waals surface area (Å²) in [6.45, 7) is 11.2. The number of rotatable bonds is 6. The van der Waals surface area contributed by atoms with E-state index in [9.17, 15) is 18.8 Å². The van der Waals surface area contributed by atoms with Crippen molar-refractivity contribution in [1.29, 1.82) is 0 Å². The molecule has 3 saturated heterocycles. The molecule has 3 aliphatic rings. The molecule has 36 heavy (non-hydrogen) atoms. The largest absolute Gasteiger partial charge is 0.369 e. The monoisotopic (exact) mass is 501 g/mol. The van der Waals surface area contributed by atoms with Crippen molar-refractivity contribution in [3.8, 4) is 0 Å². The predicted octanol–water partition coefficient (Wildman–Crippen LogP) is 2.00. The Hall–Kier alpha value is -2.68. The maximum atomic E-state index is 13.2. The third-order valence-electron chi connectivity index (χ3n) is 7.97. The first kappa shape index (κ1) is 26.4. The van der Waals surface area contributed by atoms with Gasteiger partial charge in [-0.2, -0.15) is 0 Å². The van der Waals surface area contributed by atoms with Gasteiger partial charge in [-0.15, -0.1) is 0 Å². The number of hydrogen-bond acceptors (Lipinski definition) is 5. The highest BCUT2D eigenvalue weighted by Crippen LogP contribution is 2.41. The lowest BCUT2D eigenvalue weighted by Gasteiger charge is -2.38. The molecule has 2 N–H and O–H groups in total. The van der Waals surface area contributed by atoms with Crippen LogP contribution in [0.1, 0.15) is 46.5 Å². The third kappa shape index (κ3) is 6.17. The highest BCUT2D eigenvalue weighted by atomic mass is 19.1. The first-order valence-electron chi connectivity index (χ1n) is 13.2. The van der Waals surface area contributed by atoms with Gasteiger partial charge in [0.1, 0.15) is 5.82 Å². The number of benzene rings is 1. The minimum absolute atomic E-state index is 0.00630. The van der Waals surface area contributed by atoms with E-state index < -0.39 is 5.41 Å². The Balaban J connectivity index is 1.18. The zero-order chi connectivity index (χ0) is 25.9. The Labute approximate surface area is 213 Å². The number of amides is 3. The standard InChI is InChI=1S/C27H40FN5O3/c1-26(2,3)24(35)29-19-23(34)33-12-9-27(10-13-33)18-21(30-25(27)36)8-11-31-14-16-32(17-15-31)22-6-4-20(28)5-7-22/h4-7,21H,8-19H2,1-3H3,(H,29,35)(H,30,36). The van der Waals surface area contributed by atoms with E-state index in [0.29, 0.717) is 25.9 Å². The Morgan fingerprint density at radius 3 is 2.31 bits per heavy atom. The normalized spacial score (nSPS) is 22.6. The molecule has 198 valence electrons. The molecule has 0 saturated carbocycles. The van der Waals surface area contributed by atoms with Crippen LogP contribution in [-0.4, -0.2) is 85.9 Å². The summed E-state index contributed by atoms with van der Waals surface area (Å²) in [6, 6.07) is 6.84. The fraction of sp³-hybridized carbons (Fsp3) is 0.667. The molecule has 3 aliphatic heterocycles. The molecule has 1 spiro atoms. The van der Waals surface area contributed by atoms with Gasteiger partial charge in [0.25, 0.3) is 0 Å². The number of carbonyl (C=O) groups is 3. The maximum absolute atomic E-state index is 13.2. The molecule has 3 fully saturated rings. The van der Waals surface area contributed by atoms with Crippen LogP contribution in [0.15, 0.2) is 24.3 Å². The van der Waals surface area contributed by atoms with E-state index in [2.05, 4.69) is 20.4 Å². The summed E-state index contributed by atoms with van der Waals surface area (Å²) in [5.74, 6) is -0.311. The molecule has 1 aromatic carbocycles. The number of halogens is 1. The second kappa shape index (κ2) is 10.7. The smallest absolute Gasteiger partial charge is 0.241 e. The molecular weight excluding hydrogens is 461 g/mol. The predicted molar refractivity (Wildman–Crippen MR) is 137 cm³/mol. The minimum Gasteiger partial charge on any atom is -0.369 e. The van der Waals surface area contributed by atoms with Crippen LogP contribution in [0.3, 0.4) is 0 Å². The van der Waals surface area contributed by atoms with E-state index in [0.717, 1.165) is 51.3 Å². The van der Waals surface area contributed by atoms with Crippen molar-refractivity contribution in [3.63, 3.8) is 0 Å². The zero-order valence-electron chi connectivity index (χ0n) is 21.8. The summed E-state index contributed by atoms with van der Waals surface area (Å²) in [6.07, 6.45) is 3.09. The Morgan fingerprint density at radius 1 is 1.06 bits per heavy atom. The van der Waals surface area contributed by atoms with Crippen molar-refractivity contribution >= 4 is 23.4 Å². The third-order valence-corrected chi connectivity index (χ3v) is 7.97. The number of carbonyl (C=O) groups excluding carboxylic acids is 3. The van der Waals surface area contributed by atoms with Crippen LogP contribution >= 0.6 is 0 Å². The van der Waals surface area contributed by atoms with Gasteiger partial charge in [-0.3, -0.25) is 19.3 Å². The molecule has 1 aromatic rings. The summed E-state index contributed by atoms with van der Waals surface area (Å²) in [5, 5.41) is 5.95. The average Bonchev–Trinajstić information content (AvgIpc) is 3.16. The van der Waals surface area contributed by atoms with Gasteiger partial charge >= 0.3 is 0 Å². The van der Waals surface area contributed by atoms with Crippen molar-refractivity contribution in [2.75, 3.05) is 57.3 Å². The van der Waals surface area contributed by atoms with Gasteiger partial charge in [0.05, 0.1) is 12.0 Å². The number of nitrogens with zero attached hydrogens (tertiary/aromatic N) is 3. The average molecular weight is 502 g/mol. The first-order chi connectivity index (χ1) is 17.1. The number of likely N-dealkylation sites (tertiary alicyclic amines) is 1. The molecule has 3 amide bonds. The van der Waals surface area contributed by atoms with Crippen LogP contribution in [0.25, 0.3) is 0 Å². The molecule has 1 unspecified atom stereocenters. The van der Waals surface area contributed by atoms with Crippen LogP contribution in [0, 0.1) is 16.6 Å². The topological polar surface area (TPSA) is 85.0 Å². The molecule has 3 heterocycles. The second-order valence-corrected chi connectivity index (χ2v) is 11.6. The Morgan fingerprint density at radius 2 is 1.69 bits per heavy atom. The van der Waals surface area contributed by atoms with Crippen molar-refractivity contribution < 1.29 is 18.8 Å². The number of hydrogen-bond donors (Lipinski definition) is 2. The molecule has 0 bridgehead atoms. The van der Waals surface area contributed by atoms with Crippen LogP contribution in [0.5, 0.6) is 0 Å². The fourth-order valence-electron chi connectivity index (χ4n) is 5.50. The minimum atomic E-state index is -0.528. The first-order valence-corrected chi connectivity index (χ1v) is 13.2. The van der Waals surface area contributed by atoms with Gasteiger partial charge in [0, 0.05) is 63.0 Å². The lowest BCUT2D eigenvalue weighted by molar-refractivity contribution is -0.139. The summed E-state index contributed by atoms with van der Waals surface area (Å²) < 4.78 is 13.2.